The van der Waals surface area contributed by atoms with Crippen LogP contribution in [0.1, 0.15) is 21.6 Å². The maximum absolute atomic E-state index is 12.9. The molecule has 0 atom stereocenters. The van der Waals surface area contributed by atoms with Gasteiger partial charge in [0.25, 0.3) is 0 Å². The van der Waals surface area contributed by atoms with Crippen LogP contribution in [0.2, 0.25) is 0 Å². The van der Waals surface area contributed by atoms with Crippen molar-refractivity contribution in [2.24, 2.45) is 0 Å². The quantitative estimate of drug-likeness (QED) is 0.526. The van der Waals surface area contributed by atoms with E-state index < -0.39 is 0 Å². The fourth-order valence-corrected chi connectivity index (χ4v) is 4.14. The van der Waals surface area contributed by atoms with E-state index in [0.717, 1.165) is 41.6 Å². The summed E-state index contributed by atoms with van der Waals surface area (Å²) in [4.78, 5) is 15.2. The maximum Gasteiger partial charge on any atom is 0.232 e. The van der Waals surface area contributed by atoms with E-state index in [9.17, 15) is 9.90 Å². The number of hydrogen-bond donors (Lipinski definition) is 3. The lowest BCUT2D eigenvalue weighted by atomic mass is 10.0. The van der Waals surface area contributed by atoms with Gasteiger partial charge in [0.2, 0.25) is 5.78 Å². The van der Waals surface area contributed by atoms with E-state index in [1.807, 2.05) is 18.2 Å². The fraction of sp³-hybridized carbons (Fsp3) is 0.238. The Bertz CT molecular complexity index is 1150. The number of Topliss-reactive ketones (excluding diaryl/α,β-unsaturated/α-hetero) is 1. The lowest BCUT2D eigenvalue weighted by Crippen LogP contribution is -2.42. The highest BCUT2D eigenvalue weighted by Gasteiger charge is 2.32. The number of ketones is 1. The average Bonchev–Trinajstić information content (AvgIpc) is 3.26. The summed E-state index contributed by atoms with van der Waals surface area (Å²) in [6.07, 6.45) is 1.65. The minimum absolute atomic E-state index is 0.144. The molecule has 1 fully saturated rings. The first-order chi connectivity index (χ1) is 14.1. The van der Waals surface area contributed by atoms with Crippen LogP contribution in [0.3, 0.4) is 0 Å². The highest BCUT2D eigenvalue weighted by Crippen LogP contribution is 2.40. The van der Waals surface area contributed by atoms with Gasteiger partial charge in [0.05, 0.1) is 22.3 Å². The number of hydrogen-bond acceptors (Lipinski definition) is 6. The monoisotopic (exact) mass is 454 g/mol. The highest BCUT2D eigenvalue weighted by molar-refractivity contribution is 9.10. The molecule has 0 aliphatic carbocycles. The molecule has 0 bridgehead atoms. The van der Waals surface area contributed by atoms with Crippen molar-refractivity contribution in [3.8, 4) is 11.5 Å². The lowest BCUT2D eigenvalue weighted by Gasteiger charge is -2.27. The molecule has 0 radical (unpaired) electrons. The standard InChI is InChI=1S/C21H19BrN4O3/c22-12-1-3-16-14(9-12)17(25-24-16)10-19-20(28)13-2-4-18(27)15(21(13)29-19)11-26-7-5-23-6-8-26/h1-4,9-10,23,27H,5-8,11H2,(H,24,25)/b19-10-. The van der Waals surface area contributed by atoms with Gasteiger partial charge in [0.15, 0.2) is 5.76 Å². The predicted octanol–water partition coefficient (Wildman–Crippen LogP) is 3.05. The van der Waals surface area contributed by atoms with Gasteiger partial charge in [-0.25, -0.2) is 0 Å². The van der Waals surface area contributed by atoms with Crippen molar-refractivity contribution >= 4 is 38.7 Å². The lowest BCUT2D eigenvalue weighted by molar-refractivity contribution is 0.101. The molecule has 2 aliphatic rings. The highest BCUT2D eigenvalue weighted by atomic mass is 79.9. The van der Waals surface area contributed by atoms with Crippen LogP contribution in [-0.4, -0.2) is 52.2 Å². The van der Waals surface area contributed by atoms with Crippen LogP contribution < -0.4 is 10.1 Å². The van der Waals surface area contributed by atoms with Crippen LogP contribution in [-0.2, 0) is 6.54 Å². The summed E-state index contributed by atoms with van der Waals surface area (Å²) in [5.74, 6) is 0.597. The van der Waals surface area contributed by atoms with Crippen molar-refractivity contribution in [1.82, 2.24) is 20.4 Å². The summed E-state index contributed by atoms with van der Waals surface area (Å²) in [6.45, 7) is 4.11. The number of carbonyl (C=O) groups excluding carboxylic acids is 1. The number of piperazine rings is 1. The van der Waals surface area contributed by atoms with Gasteiger partial charge < -0.3 is 15.2 Å². The van der Waals surface area contributed by atoms with E-state index in [-0.39, 0.29) is 17.3 Å². The molecule has 3 heterocycles. The van der Waals surface area contributed by atoms with Crippen molar-refractivity contribution < 1.29 is 14.6 Å². The van der Waals surface area contributed by atoms with E-state index in [1.165, 1.54) is 0 Å². The number of carbonyl (C=O) groups is 1. The molecule has 1 saturated heterocycles. The van der Waals surface area contributed by atoms with Crippen molar-refractivity contribution in [2.75, 3.05) is 26.2 Å². The molecule has 5 rings (SSSR count). The number of phenolic OH excluding ortho intramolecular Hbond substituents is 1. The Morgan fingerprint density at radius 3 is 2.90 bits per heavy atom. The summed E-state index contributed by atoms with van der Waals surface area (Å²) >= 11 is 3.47. The first kappa shape index (κ1) is 18.4. The number of nitrogens with zero attached hydrogens (tertiary/aromatic N) is 2. The third-order valence-electron chi connectivity index (χ3n) is 5.33. The van der Waals surface area contributed by atoms with E-state index in [2.05, 4.69) is 36.3 Å². The third kappa shape index (κ3) is 3.33. The van der Waals surface area contributed by atoms with Gasteiger partial charge in [-0.15, -0.1) is 0 Å². The van der Waals surface area contributed by atoms with Crippen LogP contribution in [0.15, 0.2) is 40.6 Å². The van der Waals surface area contributed by atoms with E-state index >= 15 is 0 Å². The molecule has 8 heteroatoms. The van der Waals surface area contributed by atoms with Gasteiger partial charge >= 0.3 is 0 Å². The Balaban J connectivity index is 1.50. The van der Waals surface area contributed by atoms with E-state index in [1.54, 1.807) is 18.2 Å². The van der Waals surface area contributed by atoms with Gasteiger partial charge in [-0.05, 0) is 30.3 Å². The van der Waals surface area contributed by atoms with Crippen molar-refractivity contribution in [3.63, 3.8) is 0 Å². The zero-order valence-electron chi connectivity index (χ0n) is 15.5. The van der Waals surface area contributed by atoms with Gasteiger partial charge in [-0.2, -0.15) is 5.10 Å². The summed E-state index contributed by atoms with van der Waals surface area (Å²) in [7, 11) is 0. The van der Waals surface area contributed by atoms with Gasteiger partial charge in [-0.3, -0.25) is 14.8 Å². The van der Waals surface area contributed by atoms with Crippen LogP contribution in [0, 0.1) is 0 Å². The van der Waals surface area contributed by atoms with Crippen molar-refractivity contribution in [3.05, 3.63) is 57.4 Å². The second kappa shape index (κ2) is 7.29. The normalized spacial score (nSPS) is 18.4. The molecule has 3 N–H and O–H groups in total. The Labute approximate surface area is 175 Å². The number of phenols is 1. The van der Waals surface area contributed by atoms with Crippen LogP contribution in [0.4, 0.5) is 0 Å². The molecule has 1 aromatic heterocycles. The molecule has 0 unspecified atom stereocenters. The molecule has 0 amide bonds. The van der Waals surface area contributed by atoms with Gasteiger partial charge in [0, 0.05) is 48.7 Å². The number of ether oxygens (including phenoxy) is 1. The molecule has 2 aliphatic heterocycles. The topological polar surface area (TPSA) is 90.5 Å². The number of aromatic nitrogens is 2. The zero-order chi connectivity index (χ0) is 20.0. The Hall–Kier alpha value is -2.68. The second-order valence-electron chi connectivity index (χ2n) is 7.20. The number of H-pyrrole nitrogens is 1. The number of fused-ring (bicyclic) bond motifs is 2. The second-order valence-corrected chi connectivity index (χ2v) is 8.12. The summed E-state index contributed by atoms with van der Waals surface area (Å²) in [6, 6.07) is 8.98. The van der Waals surface area contributed by atoms with Crippen LogP contribution in [0.25, 0.3) is 17.0 Å². The number of aromatic hydroxyl groups is 1. The molecule has 3 aromatic rings. The van der Waals surface area contributed by atoms with Crippen molar-refractivity contribution in [1.29, 1.82) is 0 Å². The largest absolute Gasteiger partial charge is 0.507 e. The first-order valence-electron chi connectivity index (χ1n) is 9.46. The van der Waals surface area contributed by atoms with E-state index in [0.29, 0.717) is 29.1 Å². The Kier molecular flexibility index (Phi) is 4.61. The number of rotatable bonds is 3. The number of nitrogens with one attached hydrogen (secondary N) is 2. The smallest absolute Gasteiger partial charge is 0.232 e. The van der Waals surface area contributed by atoms with Gasteiger partial charge in [-0.1, -0.05) is 15.9 Å². The number of halogens is 1. The molecule has 2 aromatic carbocycles. The minimum atomic E-state index is -0.201. The Morgan fingerprint density at radius 2 is 2.07 bits per heavy atom. The van der Waals surface area contributed by atoms with Crippen molar-refractivity contribution in [2.45, 2.75) is 6.54 Å². The Morgan fingerprint density at radius 1 is 1.24 bits per heavy atom. The first-order valence-corrected chi connectivity index (χ1v) is 10.3. The number of allylic oxidation sites excluding steroid dienone is 1. The third-order valence-corrected chi connectivity index (χ3v) is 5.82. The summed E-state index contributed by atoms with van der Waals surface area (Å²) < 4.78 is 6.90. The van der Waals surface area contributed by atoms with Gasteiger partial charge in [0.1, 0.15) is 11.5 Å². The zero-order valence-corrected chi connectivity index (χ0v) is 17.1. The summed E-state index contributed by atoms with van der Waals surface area (Å²) in [5.41, 5.74) is 2.63. The molecule has 148 valence electrons. The molecular weight excluding hydrogens is 436 g/mol. The fourth-order valence-electron chi connectivity index (χ4n) is 3.78. The maximum atomic E-state index is 12.9. The number of aromatic amines is 1. The molecule has 29 heavy (non-hydrogen) atoms. The minimum Gasteiger partial charge on any atom is -0.507 e. The van der Waals surface area contributed by atoms with Crippen LogP contribution in [0.5, 0.6) is 11.5 Å². The molecule has 0 spiro atoms. The molecular formula is C21H19BrN4O3. The summed E-state index contributed by atoms with van der Waals surface area (Å²) in [5, 5.41) is 21.9. The molecule has 0 saturated carbocycles. The molecule has 7 nitrogen and oxygen atoms in total. The average molecular weight is 455 g/mol. The van der Waals surface area contributed by atoms with Crippen LogP contribution >= 0.6 is 15.9 Å². The van der Waals surface area contributed by atoms with E-state index in [4.69, 9.17) is 4.74 Å². The number of benzene rings is 2. The SMILES string of the molecule is O=C1/C(=C/c2n[nH]c3ccc(Br)cc23)Oc2c1ccc(O)c2CN1CCNCC1. The predicted molar refractivity (Wildman–Crippen MR) is 113 cm³/mol.